The molecule has 1 aromatic heterocycles. The van der Waals surface area contributed by atoms with E-state index in [0.29, 0.717) is 6.04 Å². The SMILES string of the molecule is N[C@H]1CCCN(c2cncnc2)C1.O=C(O)C(F)(F)F. The molecule has 0 spiro atoms. The number of nitrogens with zero attached hydrogens (tertiary/aromatic N) is 3. The molecule has 0 aliphatic carbocycles. The Labute approximate surface area is 113 Å². The molecule has 6 nitrogen and oxygen atoms in total. The Morgan fingerprint density at radius 3 is 2.40 bits per heavy atom. The highest BCUT2D eigenvalue weighted by Crippen LogP contribution is 2.16. The van der Waals surface area contributed by atoms with E-state index >= 15 is 0 Å². The molecule has 0 aromatic carbocycles. The van der Waals surface area contributed by atoms with Crippen molar-refractivity contribution in [1.29, 1.82) is 0 Å². The summed E-state index contributed by atoms with van der Waals surface area (Å²) in [7, 11) is 0. The van der Waals surface area contributed by atoms with Crippen LogP contribution in [0.5, 0.6) is 0 Å². The smallest absolute Gasteiger partial charge is 0.475 e. The predicted molar refractivity (Wildman–Crippen MR) is 65.1 cm³/mol. The van der Waals surface area contributed by atoms with Crippen molar-refractivity contribution < 1.29 is 23.1 Å². The standard InChI is InChI=1S/C9H14N4.C2HF3O2/c10-8-2-1-3-13(6-8)9-4-11-7-12-5-9;3-2(4,5)1(6)7/h4-5,7-8H,1-3,6,10H2;(H,6,7)/t8-;/m0./s1. The van der Waals surface area contributed by atoms with Crippen molar-refractivity contribution >= 4 is 11.7 Å². The lowest BCUT2D eigenvalue weighted by Gasteiger charge is -2.31. The second kappa shape index (κ2) is 7.04. The molecule has 9 heteroatoms. The average molecular weight is 292 g/mol. The molecule has 0 radical (unpaired) electrons. The van der Waals surface area contributed by atoms with Crippen LogP contribution in [0.4, 0.5) is 18.9 Å². The maximum atomic E-state index is 10.6. The number of hydrogen-bond donors (Lipinski definition) is 2. The molecule has 112 valence electrons. The highest BCUT2D eigenvalue weighted by Gasteiger charge is 2.38. The van der Waals surface area contributed by atoms with E-state index in [2.05, 4.69) is 14.9 Å². The van der Waals surface area contributed by atoms with Crippen molar-refractivity contribution in [3.8, 4) is 0 Å². The van der Waals surface area contributed by atoms with Crippen LogP contribution in [0.1, 0.15) is 12.8 Å². The Morgan fingerprint density at radius 1 is 1.40 bits per heavy atom. The van der Waals surface area contributed by atoms with Crippen LogP contribution in [0.15, 0.2) is 18.7 Å². The quantitative estimate of drug-likeness (QED) is 0.803. The van der Waals surface area contributed by atoms with Crippen molar-refractivity contribution in [3.05, 3.63) is 18.7 Å². The number of alkyl halides is 3. The molecule has 2 rings (SSSR count). The van der Waals surface area contributed by atoms with E-state index in [4.69, 9.17) is 15.6 Å². The van der Waals surface area contributed by atoms with E-state index in [0.717, 1.165) is 31.6 Å². The van der Waals surface area contributed by atoms with Gasteiger partial charge in [-0.3, -0.25) is 0 Å². The van der Waals surface area contributed by atoms with Crippen LogP contribution in [0, 0.1) is 0 Å². The summed E-state index contributed by atoms with van der Waals surface area (Å²) >= 11 is 0. The summed E-state index contributed by atoms with van der Waals surface area (Å²) in [6.45, 7) is 1.99. The third-order valence-electron chi connectivity index (χ3n) is 2.61. The van der Waals surface area contributed by atoms with Crippen molar-refractivity contribution in [2.45, 2.75) is 25.1 Å². The Hall–Kier alpha value is -1.90. The van der Waals surface area contributed by atoms with Gasteiger partial charge in [-0.25, -0.2) is 14.8 Å². The summed E-state index contributed by atoms with van der Waals surface area (Å²) in [6.07, 6.45) is 2.43. The molecule has 3 N–H and O–H groups in total. The van der Waals surface area contributed by atoms with E-state index < -0.39 is 12.1 Å². The molecule has 1 fully saturated rings. The van der Waals surface area contributed by atoms with Crippen molar-refractivity contribution in [2.75, 3.05) is 18.0 Å². The van der Waals surface area contributed by atoms with Crippen molar-refractivity contribution in [3.63, 3.8) is 0 Å². The maximum absolute atomic E-state index is 10.6. The summed E-state index contributed by atoms with van der Waals surface area (Å²) in [5.74, 6) is -2.76. The van der Waals surface area contributed by atoms with E-state index in [-0.39, 0.29) is 0 Å². The number of carboxylic acid groups (broad SMARTS) is 1. The number of rotatable bonds is 1. The van der Waals surface area contributed by atoms with Crippen LogP contribution in [-0.2, 0) is 4.79 Å². The van der Waals surface area contributed by atoms with Crippen LogP contribution in [0.2, 0.25) is 0 Å². The van der Waals surface area contributed by atoms with Crippen LogP contribution < -0.4 is 10.6 Å². The second-order valence-corrected chi connectivity index (χ2v) is 4.25. The Bertz CT molecular complexity index is 427. The zero-order chi connectivity index (χ0) is 15.2. The van der Waals surface area contributed by atoms with Gasteiger partial charge in [-0.1, -0.05) is 0 Å². The van der Waals surface area contributed by atoms with E-state index in [1.165, 1.54) is 0 Å². The highest BCUT2D eigenvalue weighted by molar-refractivity contribution is 5.73. The lowest BCUT2D eigenvalue weighted by atomic mass is 10.1. The number of carboxylic acids is 1. The van der Waals surface area contributed by atoms with Gasteiger partial charge in [0.15, 0.2) is 0 Å². The minimum Gasteiger partial charge on any atom is -0.475 e. The first-order valence-electron chi connectivity index (χ1n) is 5.86. The number of anilines is 1. The van der Waals surface area contributed by atoms with E-state index in [1.54, 1.807) is 6.33 Å². The molecular weight excluding hydrogens is 277 g/mol. The van der Waals surface area contributed by atoms with Crippen molar-refractivity contribution in [1.82, 2.24) is 9.97 Å². The summed E-state index contributed by atoms with van der Waals surface area (Å²) in [5, 5.41) is 7.12. The number of aliphatic carboxylic acids is 1. The molecule has 1 atom stereocenters. The average Bonchev–Trinajstić information content (AvgIpc) is 2.39. The molecule has 1 saturated heterocycles. The highest BCUT2D eigenvalue weighted by atomic mass is 19.4. The first kappa shape index (κ1) is 16.2. The van der Waals surface area contributed by atoms with Gasteiger partial charge in [0.25, 0.3) is 0 Å². The molecule has 0 saturated carbocycles. The van der Waals surface area contributed by atoms with Crippen LogP contribution in [-0.4, -0.2) is 46.4 Å². The van der Waals surface area contributed by atoms with Gasteiger partial charge in [-0.05, 0) is 12.8 Å². The Kier molecular flexibility index (Phi) is 5.68. The zero-order valence-corrected chi connectivity index (χ0v) is 10.5. The number of piperidine rings is 1. The van der Waals surface area contributed by atoms with Crippen LogP contribution >= 0.6 is 0 Å². The Morgan fingerprint density at radius 2 is 1.95 bits per heavy atom. The lowest BCUT2D eigenvalue weighted by Crippen LogP contribution is -2.42. The zero-order valence-electron chi connectivity index (χ0n) is 10.5. The summed E-state index contributed by atoms with van der Waals surface area (Å²) in [4.78, 5) is 19.1. The summed E-state index contributed by atoms with van der Waals surface area (Å²) < 4.78 is 31.7. The number of nitrogens with two attached hydrogens (primary N) is 1. The first-order chi connectivity index (χ1) is 9.30. The van der Waals surface area contributed by atoms with Crippen LogP contribution in [0.3, 0.4) is 0 Å². The number of hydrogen-bond acceptors (Lipinski definition) is 5. The van der Waals surface area contributed by atoms with Gasteiger partial charge in [0.05, 0.1) is 18.1 Å². The van der Waals surface area contributed by atoms with Gasteiger partial charge in [-0.15, -0.1) is 0 Å². The van der Waals surface area contributed by atoms with Gasteiger partial charge in [-0.2, -0.15) is 13.2 Å². The van der Waals surface area contributed by atoms with Crippen molar-refractivity contribution in [2.24, 2.45) is 5.73 Å². The molecular formula is C11H15F3N4O2. The number of halogens is 3. The topological polar surface area (TPSA) is 92.3 Å². The molecule has 1 aromatic rings. The summed E-state index contributed by atoms with van der Waals surface area (Å²) in [5.41, 5.74) is 6.96. The van der Waals surface area contributed by atoms with Crippen LogP contribution in [0.25, 0.3) is 0 Å². The fourth-order valence-corrected chi connectivity index (χ4v) is 1.70. The summed E-state index contributed by atoms with van der Waals surface area (Å²) in [6, 6.07) is 0.300. The molecule has 0 bridgehead atoms. The molecule has 20 heavy (non-hydrogen) atoms. The fourth-order valence-electron chi connectivity index (χ4n) is 1.70. The Balaban J connectivity index is 0.000000246. The monoisotopic (exact) mass is 292 g/mol. The van der Waals surface area contributed by atoms with E-state index in [1.807, 2.05) is 12.4 Å². The molecule has 0 unspecified atom stereocenters. The normalized spacial score (nSPS) is 19.0. The largest absolute Gasteiger partial charge is 0.490 e. The number of aromatic nitrogens is 2. The minimum absolute atomic E-state index is 0.300. The fraction of sp³-hybridized carbons (Fsp3) is 0.545. The van der Waals surface area contributed by atoms with Gasteiger partial charge in [0.1, 0.15) is 6.33 Å². The predicted octanol–water partition coefficient (Wildman–Crippen LogP) is 1.04. The molecule has 1 aliphatic heterocycles. The van der Waals surface area contributed by atoms with Gasteiger partial charge < -0.3 is 15.7 Å². The van der Waals surface area contributed by atoms with E-state index in [9.17, 15) is 13.2 Å². The van der Waals surface area contributed by atoms with Gasteiger partial charge >= 0.3 is 12.1 Å². The van der Waals surface area contributed by atoms with Gasteiger partial charge in [0.2, 0.25) is 0 Å². The first-order valence-corrected chi connectivity index (χ1v) is 5.86. The second-order valence-electron chi connectivity index (χ2n) is 4.25. The molecule has 2 heterocycles. The minimum atomic E-state index is -5.08. The lowest BCUT2D eigenvalue weighted by molar-refractivity contribution is -0.192. The molecule has 0 amide bonds. The number of carbonyl (C=O) groups is 1. The maximum Gasteiger partial charge on any atom is 0.490 e. The third kappa shape index (κ3) is 5.39. The third-order valence-corrected chi connectivity index (χ3v) is 2.61. The van der Waals surface area contributed by atoms with Gasteiger partial charge in [0, 0.05) is 19.1 Å². The molecule has 1 aliphatic rings.